The number of hydroxylamine groups is 2. The molecule has 0 saturated carbocycles. The van der Waals surface area contributed by atoms with Crippen LogP contribution in [0.15, 0.2) is 41.7 Å². The molecule has 0 bridgehead atoms. The fourth-order valence-electron chi connectivity index (χ4n) is 4.48. The van der Waals surface area contributed by atoms with Crippen molar-refractivity contribution in [1.29, 1.82) is 0 Å². The number of rotatable bonds is 15. The summed E-state index contributed by atoms with van der Waals surface area (Å²) in [5.74, 6) is -3.70. The van der Waals surface area contributed by atoms with Crippen LogP contribution in [-0.2, 0) is 41.0 Å². The van der Waals surface area contributed by atoms with Crippen LogP contribution in [0.1, 0.15) is 19.5 Å². The number of nitrogens with one attached hydrogen (secondary N) is 2. The number of hydrogen-bond donors (Lipinski definition) is 6. The molecule has 4 rings (SSSR count). The molecule has 264 valence electrons. The minimum atomic E-state index is -5.06. The zero-order chi connectivity index (χ0) is 36.3. The van der Waals surface area contributed by atoms with Gasteiger partial charge in [-0.2, -0.15) is 13.5 Å². The molecular weight excluding hydrogens is 715 g/mol. The Morgan fingerprint density at radius 2 is 2.02 bits per heavy atom. The minimum absolute atomic E-state index is 0.0404. The van der Waals surface area contributed by atoms with Gasteiger partial charge in [0.15, 0.2) is 10.8 Å². The summed E-state index contributed by atoms with van der Waals surface area (Å²) in [4.78, 5) is 46.9. The van der Waals surface area contributed by atoms with E-state index in [0.717, 1.165) is 23.2 Å². The van der Waals surface area contributed by atoms with Gasteiger partial charge in [-0.15, -0.1) is 4.28 Å². The van der Waals surface area contributed by atoms with Gasteiger partial charge in [0, 0.05) is 29.8 Å². The molecule has 2 aromatic heterocycles. The van der Waals surface area contributed by atoms with Crippen molar-refractivity contribution in [3.05, 3.63) is 52.4 Å². The lowest BCUT2D eigenvalue weighted by molar-refractivity contribution is -0.656. The molecule has 3 heterocycles. The number of oxime groups is 1. The summed E-state index contributed by atoms with van der Waals surface area (Å²) in [7, 11) is -3.28. The second-order valence-electron chi connectivity index (χ2n) is 10.8. The van der Waals surface area contributed by atoms with E-state index in [0.29, 0.717) is 23.7 Å². The zero-order valence-corrected chi connectivity index (χ0v) is 28.3. The van der Waals surface area contributed by atoms with E-state index >= 15 is 4.39 Å². The molecule has 18 nitrogen and oxygen atoms in total. The number of thiazole rings is 1. The second-order valence-corrected chi connectivity index (χ2v) is 13.5. The number of β-lactam (4-membered cyclic amide) rings is 1. The van der Waals surface area contributed by atoms with Crippen LogP contribution in [0.2, 0.25) is 4.34 Å². The molecule has 1 aliphatic rings. The molecule has 1 fully saturated rings. The molecule has 0 unspecified atom stereocenters. The number of aromatic nitrogens is 2. The third kappa shape index (κ3) is 8.68. The summed E-state index contributed by atoms with van der Waals surface area (Å²) < 4.78 is 57.6. The number of pyridine rings is 1. The maximum absolute atomic E-state index is 15.1. The lowest BCUT2D eigenvalue weighted by Gasteiger charge is -2.50. The van der Waals surface area contributed by atoms with E-state index < -0.39 is 64.0 Å². The van der Waals surface area contributed by atoms with E-state index in [2.05, 4.69) is 25.1 Å². The number of anilines is 2. The van der Waals surface area contributed by atoms with E-state index in [-0.39, 0.29) is 26.5 Å². The standard InChI is InChI=1S/C27H30ClFN8O10S2/c1-27(2)21(24(39)37(27)47-49(42,43)44)34-23(38)20(19-22(28)48-26(31)33-19)35-46-17(25(40)41)12-45-14-5-6-15(16(29)10-14)13-4-7-18(32-9-8-30)36(3)11-13/h4-7,10-11,17,21H,8-9,12,30H2,1-3H3,(H5,31,33,34,38,40,41,42,43,44)/p+1/b35-20-/t17-,21+/m0/s1. The molecule has 1 aromatic carbocycles. The Labute approximate surface area is 287 Å². The van der Waals surface area contributed by atoms with Gasteiger partial charge in [0.2, 0.25) is 0 Å². The summed E-state index contributed by atoms with van der Waals surface area (Å²) in [5, 5.41) is 19.1. The smallest absolute Gasteiger partial charge is 0.418 e. The van der Waals surface area contributed by atoms with Gasteiger partial charge in [-0.3, -0.25) is 19.5 Å². The highest BCUT2D eigenvalue weighted by molar-refractivity contribution is 7.80. The normalized spacial score (nSPS) is 16.5. The van der Waals surface area contributed by atoms with E-state index in [1.807, 2.05) is 0 Å². The molecule has 22 heteroatoms. The Morgan fingerprint density at radius 3 is 2.57 bits per heavy atom. The third-order valence-corrected chi connectivity index (χ3v) is 8.37. The van der Waals surface area contributed by atoms with Crippen LogP contribution in [0.25, 0.3) is 11.1 Å². The van der Waals surface area contributed by atoms with E-state index in [9.17, 15) is 27.9 Å². The molecule has 8 N–H and O–H groups in total. The van der Waals surface area contributed by atoms with E-state index in [1.54, 1.807) is 29.9 Å². The van der Waals surface area contributed by atoms with Gasteiger partial charge in [-0.05, 0) is 32.0 Å². The van der Waals surface area contributed by atoms with E-state index in [1.165, 1.54) is 26.0 Å². The summed E-state index contributed by atoms with van der Waals surface area (Å²) in [6.07, 6.45) is -0.140. The minimum Gasteiger partial charge on any atom is -0.489 e. The average Bonchev–Trinajstić information content (AvgIpc) is 3.35. The van der Waals surface area contributed by atoms with E-state index in [4.69, 9.17) is 37.2 Å². The summed E-state index contributed by atoms with van der Waals surface area (Å²) in [6.45, 7) is 2.92. The monoisotopic (exact) mass is 745 g/mol. The van der Waals surface area contributed by atoms with Gasteiger partial charge >= 0.3 is 16.4 Å². The van der Waals surface area contributed by atoms with Gasteiger partial charge in [0.1, 0.15) is 34.2 Å². The van der Waals surface area contributed by atoms with Gasteiger partial charge < -0.3 is 31.5 Å². The number of aryl methyl sites for hydroxylation is 1. The average molecular weight is 746 g/mol. The number of amides is 2. The van der Waals surface area contributed by atoms with Gasteiger partial charge in [0.25, 0.3) is 23.7 Å². The van der Waals surface area contributed by atoms with Crippen molar-refractivity contribution in [3.63, 3.8) is 0 Å². The molecule has 0 radical (unpaired) electrons. The molecular formula is C27H31ClFN8O10S2+. The Morgan fingerprint density at radius 1 is 1.31 bits per heavy atom. The van der Waals surface area contributed by atoms with Crippen molar-refractivity contribution in [3.8, 4) is 16.9 Å². The Bertz CT molecular complexity index is 1910. The number of hydrogen-bond acceptors (Lipinski definition) is 14. The fourth-order valence-corrected chi connectivity index (χ4v) is 5.86. The summed E-state index contributed by atoms with van der Waals surface area (Å²) >= 11 is 6.92. The highest BCUT2D eigenvalue weighted by Crippen LogP contribution is 2.33. The SMILES string of the molecule is C[n+]1cc(-c2ccc(OC[C@H](O/N=C(\C(=O)N[C@@H]3C(=O)N(OS(=O)(=O)O)C3(C)C)c3nc(N)sc3Cl)C(=O)O)cc2F)ccc1NCCN. The van der Waals surface area contributed by atoms with Crippen molar-refractivity contribution in [2.24, 2.45) is 17.9 Å². The lowest BCUT2D eigenvalue weighted by atomic mass is 9.84. The molecule has 49 heavy (non-hydrogen) atoms. The number of nitrogens with two attached hydrogens (primary N) is 2. The predicted octanol–water partition coefficient (Wildman–Crippen LogP) is 0.473. The number of aliphatic carboxylic acids is 1. The first-order chi connectivity index (χ1) is 22.9. The van der Waals surface area contributed by atoms with Crippen LogP contribution >= 0.6 is 22.9 Å². The summed E-state index contributed by atoms with van der Waals surface area (Å²) in [5.41, 5.74) is 9.51. The third-order valence-electron chi connectivity index (χ3n) is 6.95. The Kier molecular flexibility index (Phi) is 11.3. The second kappa shape index (κ2) is 14.8. The van der Waals surface area contributed by atoms with Crippen molar-refractivity contribution >= 4 is 67.8 Å². The van der Waals surface area contributed by atoms with Crippen molar-refractivity contribution in [1.82, 2.24) is 15.4 Å². The first kappa shape index (κ1) is 37.2. The first-order valence-electron chi connectivity index (χ1n) is 14.0. The van der Waals surface area contributed by atoms with Crippen LogP contribution < -0.4 is 31.4 Å². The zero-order valence-electron chi connectivity index (χ0n) is 25.9. The highest BCUT2D eigenvalue weighted by atomic mass is 35.5. The first-order valence-corrected chi connectivity index (χ1v) is 16.6. The van der Waals surface area contributed by atoms with Gasteiger partial charge in [0.05, 0.1) is 25.3 Å². The molecule has 2 amide bonds. The molecule has 2 atom stereocenters. The largest absolute Gasteiger partial charge is 0.489 e. The van der Waals surface area contributed by atoms with Crippen molar-refractivity contribution < 1.29 is 55.3 Å². The number of carbonyl (C=O) groups is 3. The number of nitrogens with zero attached hydrogens (tertiary/aromatic N) is 4. The number of carboxylic acid groups (broad SMARTS) is 1. The number of ether oxygens (including phenoxy) is 1. The van der Waals surface area contributed by atoms with Crippen molar-refractivity contribution in [2.75, 3.05) is 30.7 Å². The maximum Gasteiger partial charge on any atom is 0.418 e. The molecule has 1 saturated heterocycles. The highest BCUT2D eigenvalue weighted by Gasteiger charge is 2.58. The van der Waals surface area contributed by atoms with Crippen LogP contribution in [0.5, 0.6) is 5.75 Å². The number of benzene rings is 1. The van der Waals surface area contributed by atoms with Crippen molar-refractivity contribution in [2.45, 2.75) is 31.5 Å². The molecule has 3 aromatic rings. The van der Waals surface area contributed by atoms with Crippen LogP contribution in [0.3, 0.4) is 0 Å². The molecule has 0 spiro atoms. The lowest BCUT2D eigenvalue weighted by Crippen LogP contribution is -2.76. The van der Waals surface area contributed by atoms with Crippen LogP contribution in [-0.4, -0.2) is 89.0 Å². The molecule has 1 aliphatic heterocycles. The maximum atomic E-state index is 15.1. The topological polar surface area (TPSA) is 262 Å². The van der Waals surface area contributed by atoms with Crippen LogP contribution in [0, 0.1) is 5.82 Å². The fraction of sp³-hybridized carbons (Fsp3) is 0.333. The van der Waals surface area contributed by atoms with Gasteiger partial charge in [-0.25, -0.2) is 18.7 Å². The number of nitrogen functional groups attached to an aromatic ring is 1. The number of carbonyl (C=O) groups excluding carboxylic acids is 2. The Hall–Kier alpha value is -4.67. The summed E-state index contributed by atoms with van der Waals surface area (Å²) in [6, 6.07) is 6.00. The van der Waals surface area contributed by atoms with Gasteiger partial charge in [-0.1, -0.05) is 28.1 Å². The predicted molar refractivity (Wildman–Crippen MR) is 172 cm³/mol. The quantitative estimate of drug-likeness (QED) is 0.0406. The molecule has 0 aliphatic carbocycles. The van der Waals surface area contributed by atoms with Crippen LogP contribution in [0.4, 0.5) is 15.3 Å². The number of halogens is 2. The Balaban J connectivity index is 1.50. The number of carboxylic acids is 1.